The second-order valence-electron chi connectivity index (χ2n) is 5.01. The molecule has 1 rings (SSSR count). The Morgan fingerprint density at radius 3 is 2.60 bits per heavy atom. The molecule has 0 bridgehead atoms. The summed E-state index contributed by atoms with van der Waals surface area (Å²) in [6.45, 7) is 8.10. The van der Waals surface area contributed by atoms with Gasteiger partial charge in [0.25, 0.3) is 0 Å². The van der Waals surface area contributed by atoms with Gasteiger partial charge in [0.15, 0.2) is 0 Å². The van der Waals surface area contributed by atoms with Crippen molar-refractivity contribution in [2.24, 2.45) is 0 Å². The molecule has 1 aliphatic heterocycles. The van der Waals surface area contributed by atoms with Gasteiger partial charge in [-0.25, -0.2) is 4.79 Å². The van der Waals surface area contributed by atoms with Crippen molar-refractivity contribution >= 4 is 6.09 Å². The van der Waals surface area contributed by atoms with E-state index in [0.717, 1.165) is 6.42 Å². The number of carbonyl (C=O) groups excluding carboxylic acids is 1. The van der Waals surface area contributed by atoms with E-state index in [1.165, 1.54) is 0 Å². The van der Waals surface area contributed by atoms with E-state index in [0.29, 0.717) is 13.0 Å². The highest BCUT2D eigenvalue weighted by Gasteiger charge is 2.36. The maximum absolute atomic E-state index is 11.8. The van der Waals surface area contributed by atoms with Gasteiger partial charge in [-0.1, -0.05) is 6.92 Å². The number of aliphatic hydroxyl groups excluding tert-OH is 1. The van der Waals surface area contributed by atoms with Crippen LogP contribution < -0.4 is 0 Å². The number of ether oxygens (including phenoxy) is 1. The third kappa shape index (κ3) is 3.09. The van der Waals surface area contributed by atoms with Crippen LogP contribution in [0.1, 0.15) is 40.5 Å². The van der Waals surface area contributed by atoms with Crippen molar-refractivity contribution in [2.75, 3.05) is 6.54 Å². The highest BCUT2D eigenvalue weighted by Crippen LogP contribution is 2.23. The molecule has 1 N–H and O–H groups in total. The van der Waals surface area contributed by atoms with Crippen molar-refractivity contribution in [2.45, 2.75) is 58.3 Å². The Balaban J connectivity index is 2.60. The fourth-order valence-corrected chi connectivity index (χ4v) is 1.88. The zero-order valence-corrected chi connectivity index (χ0v) is 9.99. The topological polar surface area (TPSA) is 49.8 Å². The first-order valence-electron chi connectivity index (χ1n) is 5.53. The number of hydrogen-bond donors (Lipinski definition) is 1. The molecular weight excluding hydrogens is 194 g/mol. The highest BCUT2D eigenvalue weighted by molar-refractivity contribution is 5.69. The lowest BCUT2D eigenvalue weighted by molar-refractivity contribution is 0.0151. The second kappa shape index (κ2) is 4.39. The number of rotatable bonds is 1. The molecule has 1 heterocycles. The first-order chi connectivity index (χ1) is 6.85. The van der Waals surface area contributed by atoms with Crippen LogP contribution in [0.5, 0.6) is 0 Å². The first kappa shape index (κ1) is 12.3. The van der Waals surface area contributed by atoms with E-state index in [1.54, 1.807) is 4.90 Å². The maximum atomic E-state index is 11.8. The van der Waals surface area contributed by atoms with Crippen molar-refractivity contribution in [1.29, 1.82) is 0 Å². The lowest BCUT2D eigenvalue weighted by atomic mass is 10.1. The van der Waals surface area contributed by atoms with E-state index in [-0.39, 0.29) is 12.1 Å². The third-order valence-electron chi connectivity index (χ3n) is 2.56. The van der Waals surface area contributed by atoms with Crippen LogP contribution in [0.25, 0.3) is 0 Å². The maximum Gasteiger partial charge on any atom is 0.410 e. The first-order valence-corrected chi connectivity index (χ1v) is 5.53. The molecule has 4 nitrogen and oxygen atoms in total. The smallest absolute Gasteiger partial charge is 0.410 e. The average molecular weight is 215 g/mol. The van der Waals surface area contributed by atoms with Crippen molar-refractivity contribution in [3.05, 3.63) is 0 Å². The van der Waals surface area contributed by atoms with Gasteiger partial charge >= 0.3 is 6.09 Å². The lowest BCUT2D eigenvalue weighted by Crippen LogP contribution is -2.42. The summed E-state index contributed by atoms with van der Waals surface area (Å²) in [7, 11) is 0. The van der Waals surface area contributed by atoms with Crippen molar-refractivity contribution in [1.82, 2.24) is 4.90 Å². The van der Waals surface area contributed by atoms with Crippen LogP contribution in [-0.4, -0.2) is 40.4 Å². The summed E-state index contributed by atoms with van der Waals surface area (Å²) in [5.41, 5.74) is -0.469. The second-order valence-corrected chi connectivity index (χ2v) is 5.01. The highest BCUT2D eigenvalue weighted by atomic mass is 16.6. The van der Waals surface area contributed by atoms with Crippen LogP contribution in [0.15, 0.2) is 0 Å². The Labute approximate surface area is 91.2 Å². The summed E-state index contributed by atoms with van der Waals surface area (Å²) in [6, 6.07) is -0.0835. The van der Waals surface area contributed by atoms with Crippen LogP contribution in [0.3, 0.4) is 0 Å². The Kier molecular flexibility index (Phi) is 3.60. The van der Waals surface area contributed by atoms with Gasteiger partial charge in [0.2, 0.25) is 0 Å². The fraction of sp³-hybridized carbons (Fsp3) is 0.909. The SMILES string of the molecule is CC[C@@H]1[C@H](O)CCN1C(=O)OC(C)(C)C. The van der Waals surface area contributed by atoms with Gasteiger partial charge in [-0.3, -0.25) is 0 Å². The van der Waals surface area contributed by atoms with Gasteiger partial charge in [-0.05, 0) is 33.6 Å². The van der Waals surface area contributed by atoms with Crippen LogP contribution in [0, 0.1) is 0 Å². The Bertz CT molecular complexity index is 234. The van der Waals surface area contributed by atoms with E-state index < -0.39 is 11.7 Å². The van der Waals surface area contributed by atoms with Gasteiger partial charge in [0, 0.05) is 6.54 Å². The van der Waals surface area contributed by atoms with Crippen LogP contribution in [0.2, 0.25) is 0 Å². The van der Waals surface area contributed by atoms with E-state index >= 15 is 0 Å². The molecule has 4 heteroatoms. The monoisotopic (exact) mass is 215 g/mol. The minimum absolute atomic E-state index is 0.0835. The minimum Gasteiger partial charge on any atom is -0.444 e. The number of aliphatic hydroxyl groups is 1. The quantitative estimate of drug-likeness (QED) is 0.725. The Hall–Kier alpha value is -0.770. The Morgan fingerprint density at radius 1 is 1.53 bits per heavy atom. The third-order valence-corrected chi connectivity index (χ3v) is 2.56. The van der Waals surface area contributed by atoms with E-state index in [2.05, 4.69) is 0 Å². The molecule has 15 heavy (non-hydrogen) atoms. The molecule has 1 amide bonds. The minimum atomic E-state index is -0.469. The zero-order valence-electron chi connectivity index (χ0n) is 9.99. The summed E-state index contributed by atoms with van der Waals surface area (Å²) in [5, 5.41) is 9.66. The number of carbonyl (C=O) groups is 1. The number of nitrogens with zero attached hydrogens (tertiary/aromatic N) is 1. The normalized spacial score (nSPS) is 26.9. The molecule has 0 aromatic rings. The van der Waals surface area contributed by atoms with Crippen molar-refractivity contribution in [3.8, 4) is 0 Å². The molecule has 1 saturated heterocycles. The van der Waals surface area contributed by atoms with Crippen molar-refractivity contribution in [3.63, 3.8) is 0 Å². The molecular formula is C11H21NO3. The van der Waals surface area contributed by atoms with Gasteiger partial charge in [0.05, 0.1) is 12.1 Å². The van der Waals surface area contributed by atoms with Crippen LogP contribution in [-0.2, 0) is 4.74 Å². The molecule has 0 aromatic heterocycles. The number of amides is 1. The van der Waals surface area contributed by atoms with Gasteiger partial charge < -0.3 is 14.7 Å². The molecule has 88 valence electrons. The van der Waals surface area contributed by atoms with Gasteiger partial charge in [-0.2, -0.15) is 0 Å². The summed E-state index contributed by atoms with van der Waals surface area (Å²) in [4.78, 5) is 13.4. The summed E-state index contributed by atoms with van der Waals surface area (Å²) in [6.07, 6.45) is 0.700. The summed E-state index contributed by atoms with van der Waals surface area (Å²) < 4.78 is 5.28. The summed E-state index contributed by atoms with van der Waals surface area (Å²) in [5.74, 6) is 0. The molecule has 1 aliphatic rings. The van der Waals surface area contributed by atoms with Crippen molar-refractivity contribution < 1.29 is 14.6 Å². The molecule has 0 spiro atoms. The van der Waals surface area contributed by atoms with Crippen LogP contribution >= 0.6 is 0 Å². The molecule has 0 radical (unpaired) electrons. The number of hydrogen-bond acceptors (Lipinski definition) is 3. The predicted molar refractivity (Wildman–Crippen MR) is 57.6 cm³/mol. The van der Waals surface area contributed by atoms with Gasteiger partial charge in [0.1, 0.15) is 5.60 Å². The molecule has 0 unspecified atom stereocenters. The number of likely N-dealkylation sites (tertiary alicyclic amines) is 1. The molecule has 0 aromatic carbocycles. The van der Waals surface area contributed by atoms with E-state index in [9.17, 15) is 9.90 Å². The van der Waals surface area contributed by atoms with Crippen LogP contribution in [0.4, 0.5) is 4.79 Å². The largest absolute Gasteiger partial charge is 0.444 e. The predicted octanol–water partition coefficient (Wildman–Crippen LogP) is 1.77. The molecule has 0 aliphatic carbocycles. The standard InChI is InChI=1S/C11H21NO3/c1-5-8-9(13)6-7-12(8)10(14)15-11(2,3)4/h8-9,13H,5-7H2,1-4H3/t8-,9-/m1/s1. The fourth-order valence-electron chi connectivity index (χ4n) is 1.88. The molecule has 2 atom stereocenters. The molecule has 1 fully saturated rings. The van der Waals surface area contributed by atoms with E-state index in [1.807, 2.05) is 27.7 Å². The Morgan fingerprint density at radius 2 is 2.13 bits per heavy atom. The van der Waals surface area contributed by atoms with E-state index in [4.69, 9.17) is 4.74 Å². The molecule has 0 saturated carbocycles. The zero-order chi connectivity index (χ0) is 11.6. The van der Waals surface area contributed by atoms with Gasteiger partial charge in [-0.15, -0.1) is 0 Å². The summed E-state index contributed by atoms with van der Waals surface area (Å²) >= 11 is 0. The lowest BCUT2D eigenvalue weighted by Gasteiger charge is -2.28. The average Bonchev–Trinajstić information content (AvgIpc) is 2.43.